The van der Waals surface area contributed by atoms with Crippen molar-refractivity contribution >= 4 is 23.6 Å². The Morgan fingerprint density at radius 1 is 1.10 bits per heavy atom. The second-order valence-electron chi connectivity index (χ2n) is 4.57. The molecule has 0 saturated heterocycles. The van der Waals surface area contributed by atoms with E-state index in [2.05, 4.69) is 5.32 Å². The van der Waals surface area contributed by atoms with Crippen molar-refractivity contribution in [3.63, 3.8) is 0 Å². The number of amides is 1. The van der Waals surface area contributed by atoms with E-state index >= 15 is 0 Å². The number of hydrogen-bond donors (Lipinski definition) is 2. The van der Waals surface area contributed by atoms with Crippen molar-refractivity contribution in [3.8, 4) is 0 Å². The largest absolute Gasteiger partial charge is 0.478 e. The number of aryl methyl sites for hydroxylation is 1. The Kier molecular flexibility index (Phi) is 4.51. The van der Waals surface area contributed by atoms with Gasteiger partial charge in [0.2, 0.25) is 5.91 Å². The Morgan fingerprint density at radius 2 is 1.86 bits per heavy atom. The summed E-state index contributed by atoms with van der Waals surface area (Å²) in [6.45, 7) is 1.97. The number of carboxylic acids is 1. The lowest BCUT2D eigenvalue weighted by Crippen LogP contribution is -2.08. The monoisotopic (exact) mass is 281 g/mol. The minimum absolute atomic E-state index is 0.135. The van der Waals surface area contributed by atoms with Gasteiger partial charge in [-0.1, -0.05) is 30.3 Å². The van der Waals surface area contributed by atoms with Gasteiger partial charge in [-0.15, -0.1) is 0 Å². The van der Waals surface area contributed by atoms with Crippen LogP contribution in [0.3, 0.4) is 0 Å². The molecule has 0 aliphatic heterocycles. The van der Waals surface area contributed by atoms with Crippen LogP contribution in [-0.2, 0) is 4.79 Å². The van der Waals surface area contributed by atoms with Crippen molar-refractivity contribution in [2.45, 2.75) is 6.92 Å². The molecule has 0 aromatic heterocycles. The van der Waals surface area contributed by atoms with Gasteiger partial charge in [0.05, 0.1) is 5.56 Å². The molecular formula is C17H15NO3. The molecule has 0 saturated carbocycles. The highest BCUT2D eigenvalue weighted by Crippen LogP contribution is 2.12. The lowest BCUT2D eigenvalue weighted by Gasteiger charge is -2.03. The molecule has 0 bridgehead atoms. The molecule has 0 unspecified atom stereocenters. The Hall–Kier alpha value is -2.88. The summed E-state index contributed by atoms with van der Waals surface area (Å²) in [5.74, 6) is -1.33. The molecule has 0 heterocycles. The van der Waals surface area contributed by atoms with Gasteiger partial charge >= 0.3 is 5.97 Å². The average molecular weight is 281 g/mol. The van der Waals surface area contributed by atoms with E-state index < -0.39 is 5.97 Å². The van der Waals surface area contributed by atoms with Gasteiger partial charge in [-0.3, -0.25) is 4.79 Å². The Bertz CT molecular complexity index is 705. The summed E-state index contributed by atoms with van der Waals surface area (Å²) in [5, 5.41) is 11.5. The first-order valence-corrected chi connectivity index (χ1v) is 6.44. The second kappa shape index (κ2) is 6.52. The summed E-state index contributed by atoms with van der Waals surface area (Å²) >= 11 is 0. The van der Waals surface area contributed by atoms with Gasteiger partial charge in [-0.25, -0.2) is 4.79 Å². The fourth-order valence-electron chi connectivity index (χ4n) is 1.85. The van der Waals surface area contributed by atoms with E-state index in [1.807, 2.05) is 31.2 Å². The van der Waals surface area contributed by atoms with Crippen molar-refractivity contribution in [1.82, 2.24) is 0 Å². The number of carbonyl (C=O) groups is 2. The van der Waals surface area contributed by atoms with Crippen LogP contribution >= 0.6 is 0 Å². The predicted octanol–water partition coefficient (Wildman–Crippen LogP) is 3.35. The van der Waals surface area contributed by atoms with E-state index in [1.54, 1.807) is 18.2 Å². The van der Waals surface area contributed by atoms with Gasteiger partial charge in [0.1, 0.15) is 0 Å². The maximum Gasteiger partial charge on any atom is 0.335 e. The quantitative estimate of drug-likeness (QED) is 0.845. The normalized spacial score (nSPS) is 10.5. The van der Waals surface area contributed by atoms with Gasteiger partial charge < -0.3 is 10.4 Å². The van der Waals surface area contributed by atoms with Crippen LogP contribution in [0.25, 0.3) is 6.08 Å². The lowest BCUT2D eigenvalue weighted by molar-refractivity contribution is -0.111. The molecule has 1 amide bonds. The average Bonchev–Trinajstić information content (AvgIpc) is 2.46. The summed E-state index contributed by atoms with van der Waals surface area (Å²) in [5.41, 5.74) is 2.63. The molecule has 0 aliphatic carbocycles. The molecule has 2 rings (SSSR count). The van der Waals surface area contributed by atoms with Gasteiger partial charge in [0.15, 0.2) is 0 Å². The topological polar surface area (TPSA) is 66.4 Å². The van der Waals surface area contributed by atoms with Crippen LogP contribution in [0.15, 0.2) is 54.6 Å². The summed E-state index contributed by atoms with van der Waals surface area (Å²) in [6.07, 6.45) is 3.15. The summed E-state index contributed by atoms with van der Waals surface area (Å²) in [7, 11) is 0. The smallest absolute Gasteiger partial charge is 0.335 e. The number of benzene rings is 2. The SMILES string of the molecule is Cc1ccccc1/C=C/C(=O)Nc1cccc(C(=O)O)c1. The zero-order valence-electron chi connectivity index (χ0n) is 11.5. The first-order chi connectivity index (χ1) is 10.1. The zero-order chi connectivity index (χ0) is 15.2. The second-order valence-corrected chi connectivity index (χ2v) is 4.57. The third-order valence-corrected chi connectivity index (χ3v) is 2.98. The fourth-order valence-corrected chi connectivity index (χ4v) is 1.85. The molecular weight excluding hydrogens is 266 g/mol. The van der Waals surface area contributed by atoms with Crippen LogP contribution in [0, 0.1) is 6.92 Å². The number of aromatic carboxylic acids is 1. The molecule has 0 spiro atoms. The van der Waals surface area contributed by atoms with E-state index in [1.165, 1.54) is 18.2 Å². The Balaban J connectivity index is 2.07. The third kappa shape index (κ3) is 4.04. The summed E-state index contributed by atoms with van der Waals surface area (Å²) in [6, 6.07) is 13.8. The van der Waals surface area contributed by atoms with Gasteiger partial charge in [-0.2, -0.15) is 0 Å². The van der Waals surface area contributed by atoms with E-state index in [0.717, 1.165) is 11.1 Å². The number of rotatable bonds is 4. The minimum atomic E-state index is -1.03. The molecule has 2 N–H and O–H groups in total. The van der Waals surface area contributed by atoms with Crippen molar-refractivity contribution in [3.05, 3.63) is 71.3 Å². The molecule has 2 aromatic carbocycles. The highest BCUT2D eigenvalue weighted by molar-refractivity contribution is 6.02. The number of carbonyl (C=O) groups excluding carboxylic acids is 1. The first-order valence-electron chi connectivity index (χ1n) is 6.44. The number of hydrogen-bond acceptors (Lipinski definition) is 2. The Labute approximate surface area is 122 Å². The highest BCUT2D eigenvalue weighted by Gasteiger charge is 2.04. The fraction of sp³-hybridized carbons (Fsp3) is 0.0588. The van der Waals surface area contributed by atoms with Crippen LogP contribution in [0.1, 0.15) is 21.5 Å². The molecule has 0 radical (unpaired) electrons. The predicted molar refractivity (Wildman–Crippen MR) is 82.2 cm³/mol. The van der Waals surface area contributed by atoms with E-state index in [0.29, 0.717) is 5.69 Å². The molecule has 2 aromatic rings. The molecule has 4 heteroatoms. The lowest BCUT2D eigenvalue weighted by atomic mass is 10.1. The Morgan fingerprint density at radius 3 is 2.57 bits per heavy atom. The summed E-state index contributed by atoms with van der Waals surface area (Å²) < 4.78 is 0. The van der Waals surface area contributed by atoms with E-state index in [4.69, 9.17) is 5.11 Å². The van der Waals surface area contributed by atoms with Crippen molar-refractivity contribution in [2.24, 2.45) is 0 Å². The van der Waals surface area contributed by atoms with Crippen molar-refractivity contribution in [1.29, 1.82) is 0 Å². The van der Waals surface area contributed by atoms with Crippen LogP contribution in [0.5, 0.6) is 0 Å². The number of carboxylic acid groups (broad SMARTS) is 1. The third-order valence-electron chi connectivity index (χ3n) is 2.98. The molecule has 0 aliphatic rings. The molecule has 0 fully saturated rings. The minimum Gasteiger partial charge on any atom is -0.478 e. The zero-order valence-corrected chi connectivity index (χ0v) is 11.5. The molecule has 106 valence electrons. The van der Waals surface area contributed by atoms with Gasteiger partial charge in [-0.05, 0) is 42.3 Å². The standard InChI is InChI=1S/C17H15NO3/c1-12-5-2-3-6-13(12)9-10-16(19)18-15-8-4-7-14(11-15)17(20)21/h2-11H,1H3,(H,18,19)(H,20,21)/b10-9+. The van der Waals surface area contributed by atoms with Crippen LogP contribution in [0.2, 0.25) is 0 Å². The summed E-state index contributed by atoms with van der Waals surface area (Å²) in [4.78, 5) is 22.7. The number of nitrogens with one attached hydrogen (secondary N) is 1. The molecule has 4 nitrogen and oxygen atoms in total. The van der Waals surface area contributed by atoms with Crippen LogP contribution < -0.4 is 5.32 Å². The van der Waals surface area contributed by atoms with Crippen molar-refractivity contribution < 1.29 is 14.7 Å². The van der Waals surface area contributed by atoms with E-state index in [9.17, 15) is 9.59 Å². The molecule has 21 heavy (non-hydrogen) atoms. The highest BCUT2D eigenvalue weighted by atomic mass is 16.4. The van der Waals surface area contributed by atoms with E-state index in [-0.39, 0.29) is 11.5 Å². The maximum absolute atomic E-state index is 11.8. The maximum atomic E-state index is 11.8. The van der Waals surface area contributed by atoms with Crippen LogP contribution in [-0.4, -0.2) is 17.0 Å². The first kappa shape index (κ1) is 14.5. The number of anilines is 1. The van der Waals surface area contributed by atoms with Crippen molar-refractivity contribution in [2.75, 3.05) is 5.32 Å². The molecule has 0 atom stereocenters. The van der Waals surface area contributed by atoms with Gasteiger partial charge in [0, 0.05) is 11.8 Å². The van der Waals surface area contributed by atoms with Crippen LogP contribution in [0.4, 0.5) is 5.69 Å². The van der Waals surface area contributed by atoms with Gasteiger partial charge in [0.25, 0.3) is 0 Å².